The van der Waals surface area contributed by atoms with Crippen LogP contribution in [0.2, 0.25) is 0 Å². The van der Waals surface area contributed by atoms with Crippen molar-refractivity contribution in [2.24, 2.45) is 0 Å². The van der Waals surface area contributed by atoms with Gasteiger partial charge in [-0.1, -0.05) is 6.07 Å². The van der Waals surface area contributed by atoms with Crippen molar-refractivity contribution in [3.63, 3.8) is 0 Å². The van der Waals surface area contributed by atoms with E-state index in [1.807, 2.05) is 0 Å². The molecule has 28 heavy (non-hydrogen) atoms. The van der Waals surface area contributed by atoms with E-state index in [2.05, 4.69) is 20.7 Å². The summed E-state index contributed by atoms with van der Waals surface area (Å²) in [6.45, 7) is 0.589. The van der Waals surface area contributed by atoms with Crippen molar-refractivity contribution in [2.75, 3.05) is 17.4 Å². The average Bonchev–Trinajstić information content (AvgIpc) is 3.37. The van der Waals surface area contributed by atoms with Gasteiger partial charge < -0.3 is 20.1 Å². The van der Waals surface area contributed by atoms with Crippen molar-refractivity contribution >= 4 is 23.2 Å². The van der Waals surface area contributed by atoms with Crippen molar-refractivity contribution in [3.05, 3.63) is 60.7 Å². The minimum Gasteiger partial charge on any atom is -0.454 e. The number of carbonyl (C=O) groups is 2. The zero-order valence-corrected chi connectivity index (χ0v) is 14.8. The third-order valence-corrected chi connectivity index (χ3v) is 4.07. The van der Waals surface area contributed by atoms with Gasteiger partial charge in [0.05, 0.1) is 6.54 Å². The number of carbonyl (C=O) groups excluding carboxylic acids is 2. The van der Waals surface area contributed by atoms with Gasteiger partial charge >= 0.3 is 0 Å². The minimum atomic E-state index is -0.284. The Morgan fingerprint density at radius 1 is 1.04 bits per heavy atom. The SMILES string of the molecule is O=C(CCn1cncn1)Nc1cccc(NC(=O)c2ccc3c(c2)OCO3)c1. The van der Waals surface area contributed by atoms with E-state index in [1.165, 1.54) is 6.33 Å². The maximum absolute atomic E-state index is 12.5. The highest BCUT2D eigenvalue weighted by Crippen LogP contribution is 2.32. The van der Waals surface area contributed by atoms with Gasteiger partial charge in [-0.15, -0.1) is 0 Å². The molecule has 142 valence electrons. The van der Waals surface area contributed by atoms with Gasteiger partial charge in [-0.2, -0.15) is 5.10 Å². The molecule has 0 unspecified atom stereocenters. The fourth-order valence-electron chi connectivity index (χ4n) is 2.70. The van der Waals surface area contributed by atoms with Gasteiger partial charge in [-0.25, -0.2) is 4.98 Å². The van der Waals surface area contributed by atoms with Gasteiger partial charge in [-0.05, 0) is 36.4 Å². The van der Waals surface area contributed by atoms with Crippen molar-refractivity contribution < 1.29 is 19.1 Å². The van der Waals surface area contributed by atoms with E-state index < -0.39 is 0 Å². The van der Waals surface area contributed by atoms with Crippen LogP contribution in [0.3, 0.4) is 0 Å². The number of aromatic nitrogens is 3. The largest absolute Gasteiger partial charge is 0.454 e. The number of amides is 2. The second-order valence-electron chi connectivity index (χ2n) is 6.06. The summed E-state index contributed by atoms with van der Waals surface area (Å²) in [6, 6.07) is 11.9. The molecule has 0 saturated heterocycles. The fraction of sp³-hybridized carbons (Fsp3) is 0.158. The molecule has 2 amide bonds. The van der Waals surface area contributed by atoms with E-state index in [1.54, 1.807) is 53.5 Å². The number of benzene rings is 2. The number of nitrogens with one attached hydrogen (secondary N) is 2. The van der Waals surface area contributed by atoms with Crippen molar-refractivity contribution in [1.82, 2.24) is 14.8 Å². The Bertz CT molecular complexity index is 1000. The molecular formula is C19H17N5O4. The molecule has 2 N–H and O–H groups in total. The summed E-state index contributed by atoms with van der Waals surface area (Å²) in [5.74, 6) is 0.718. The highest BCUT2D eigenvalue weighted by atomic mass is 16.7. The third kappa shape index (κ3) is 4.09. The van der Waals surface area contributed by atoms with Gasteiger partial charge in [0.1, 0.15) is 12.7 Å². The van der Waals surface area contributed by atoms with Gasteiger partial charge in [0, 0.05) is 23.4 Å². The summed E-state index contributed by atoms with van der Waals surface area (Å²) in [6.07, 6.45) is 3.24. The highest BCUT2D eigenvalue weighted by Gasteiger charge is 2.16. The lowest BCUT2D eigenvalue weighted by atomic mass is 10.2. The van der Waals surface area contributed by atoms with Crippen LogP contribution in [0, 0.1) is 0 Å². The minimum absolute atomic E-state index is 0.152. The van der Waals surface area contributed by atoms with Gasteiger partial charge in [0.15, 0.2) is 11.5 Å². The molecule has 0 fully saturated rings. The number of hydrogen-bond acceptors (Lipinski definition) is 6. The molecular weight excluding hydrogens is 362 g/mol. The smallest absolute Gasteiger partial charge is 0.255 e. The first-order chi connectivity index (χ1) is 13.7. The lowest BCUT2D eigenvalue weighted by Gasteiger charge is -2.09. The quantitative estimate of drug-likeness (QED) is 0.680. The van der Waals surface area contributed by atoms with Gasteiger partial charge in [0.2, 0.25) is 12.7 Å². The number of rotatable bonds is 6. The predicted octanol–water partition coefficient (Wildman–Crippen LogP) is 2.29. The van der Waals surface area contributed by atoms with Crippen molar-refractivity contribution in [2.45, 2.75) is 13.0 Å². The lowest BCUT2D eigenvalue weighted by Crippen LogP contribution is -2.15. The van der Waals surface area contributed by atoms with Crippen LogP contribution >= 0.6 is 0 Å². The Labute approximate surface area is 160 Å². The number of hydrogen-bond donors (Lipinski definition) is 2. The molecule has 0 bridgehead atoms. The first-order valence-corrected chi connectivity index (χ1v) is 8.61. The number of fused-ring (bicyclic) bond motifs is 1. The molecule has 9 nitrogen and oxygen atoms in total. The molecule has 2 aromatic carbocycles. The average molecular weight is 379 g/mol. The standard InChI is InChI=1S/C19H17N5O4/c25-18(6-7-24-11-20-10-21-24)22-14-2-1-3-15(9-14)23-19(26)13-4-5-16-17(8-13)28-12-27-16/h1-5,8-11H,6-7,12H2,(H,22,25)(H,23,26). The van der Waals surface area contributed by atoms with Gasteiger partial charge in [0.25, 0.3) is 5.91 Å². The van der Waals surface area contributed by atoms with E-state index >= 15 is 0 Å². The van der Waals surface area contributed by atoms with E-state index in [-0.39, 0.29) is 25.0 Å². The number of ether oxygens (including phenoxy) is 2. The zero-order chi connectivity index (χ0) is 19.3. The Hall–Kier alpha value is -3.88. The molecule has 2 heterocycles. The topological polar surface area (TPSA) is 107 Å². The Morgan fingerprint density at radius 3 is 2.68 bits per heavy atom. The molecule has 4 rings (SSSR count). The molecule has 9 heteroatoms. The molecule has 1 aliphatic rings. The maximum Gasteiger partial charge on any atom is 0.255 e. The number of nitrogens with zero attached hydrogens (tertiary/aromatic N) is 3. The molecule has 0 aliphatic carbocycles. The summed E-state index contributed by atoms with van der Waals surface area (Å²) in [5, 5.41) is 9.57. The van der Waals surface area contributed by atoms with E-state index in [9.17, 15) is 9.59 Å². The fourth-order valence-corrected chi connectivity index (χ4v) is 2.70. The zero-order valence-electron chi connectivity index (χ0n) is 14.8. The molecule has 0 saturated carbocycles. The third-order valence-electron chi connectivity index (χ3n) is 4.07. The second-order valence-corrected chi connectivity index (χ2v) is 6.06. The Kier molecular flexibility index (Phi) is 4.87. The molecule has 0 spiro atoms. The Morgan fingerprint density at radius 2 is 1.86 bits per heavy atom. The summed E-state index contributed by atoms with van der Waals surface area (Å²) < 4.78 is 12.1. The molecule has 3 aromatic rings. The first kappa shape index (κ1) is 17.5. The van der Waals surface area contributed by atoms with Crippen molar-refractivity contribution in [1.29, 1.82) is 0 Å². The van der Waals surface area contributed by atoms with Crippen molar-refractivity contribution in [3.8, 4) is 11.5 Å². The normalized spacial score (nSPS) is 11.9. The maximum atomic E-state index is 12.5. The van der Waals surface area contributed by atoms with Gasteiger partial charge in [-0.3, -0.25) is 14.3 Å². The van der Waals surface area contributed by atoms with Crippen LogP contribution in [0.4, 0.5) is 11.4 Å². The van der Waals surface area contributed by atoms with E-state index in [4.69, 9.17) is 9.47 Å². The van der Waals surface area contributed by atoms with Crippen LogP contribution in [-0.2, 0) is 11.3 Å². The van der Waals surface area contributed by atoms with E-state index in [0.717, 1.165) is 0 Å². The highest BCUT2D eigenvalue weighted by molar-refractivity contribution is 6.05. The van der Waals surface area contributed by atoms with Crippen LogP contribution in [-0.4, -0.2) is 33.4 Å². The Balaban J connectivity index is 1.36. The first-order valence-electron chi connectivity index (χ1n) is 8.61. The molecule has 0 atom stereocenters. The number of anilines is 2. The molecule has 1 aromatic heterocycles. The summed E-state index contributed by atoms with van der Waals surface area (Å²) in [7, 11) is 0. The summed E-state index contributed by atoms with van der Waals surface area (Å²) in [4.78, 5) is 28.4. The lowest BCUT2D eigenvalue weighted by molar-refractivity contribution is -0.116. The second kappa shape index (κ2) is 7.78. The van der Waals surface area contributed by atoms with Crippen LogP contribution in [0.1, 0.15) is 16.8 Å². The summed E-state index contributed by atoms with van der Waals surface area (Å²) >= 11 is 0. The predicted molar refractivity (Wildman–Crippen MR) is 100 cm³/mol. The van der Waals surface area contributed by atoms with Crippen LogP contribution in [0.5, 0.6) is 11.5 Å². The molecule has 0 radical (unpaired) electrons. The number of aryl methyl sites for hydroxylation is 1. The monoisotopic (exact) mass is 379 g/mol. The molecule has 1 aliphatic heterocycles. The van der Waals surface area contributed by atoms with E-state index in [0.29, 0.717) is 35.0 Å². The van der Waals surface area contributed by atoms with Crippen LogP contribution in [0.15, 0.2) is 55.1 Å². The van der Waals surface area contributed by atoms with Crippen LogP contribution in [0.25, 0.3) is 0 Å². The summed E-state index contributed by atoms with van der Waals surface area (Å²) in [5.41, 5.74) is 1.61. The van der Waals surface area contributed by atoms with Crippen LogP contribution < -0.4 is 20.1 Å².